The summed E-state index contributed by atoms with van der Waals surface area (Å²) < 4.78 is 5.18. The third-order valence-electron chi connectivity index (χ3n) is 3.52. The summed E-state index contributed by atoms with van der Waals surface area (Å²) in [6, 6.07) is 12.4. The summed E-state index contributed by atoms with van der Waals surface area (Å²) in [4.78, 5) is 29.3. The highest BCUT2D eigenvalue weighted by Crippen LogP contribution is 2.28. The van der Waals surface area contributed by atoms with Gasteiger partial charge in [0.15, 0.2) is 5.69 Å². The number of amides is 1. The van der Waals surface area contributed by atoms with Crippen LogP contribution in [-0.4, -0.2) is 31.1 Å². The van der Waals surface area contributed by atoms with Gasteiger partial charge in [-0.15, -0.1) is 0 Å². The minimum Gasteiger partial charge on any atom is -0.459 e. The summed E-state index contributed by atoms with van der Waals surface area (Å²) >= 11 is 6.19. The topological polar surface area (TPSA) is 93.3 Å². The fourth-order valence-electron chi connectivity index (χ4n) is 2.38. The molecular weight excluding hydrogens is 430 g/mol. The van der Waals surface area contributed by atoms with E-state index in [0.717, 1.165) is 17.3 Å². The first-order valence-corrected chi connectivity index (χ1v) is 10.8. The van der Waals surface area contributed by atoms with E-state index in [1.54, 1.807) is 45.0 Å². The van der Waals surface area contributed by atoms with Gasteiger partial charge < -0.3 is 15.4 Å². The maximum absolute atomic E-state index is 12.4. The number of anilines is 2. The minimum absolute atomic E-state index is 0.209. The van der Waals surface area contributed by atoms with Gasteiger partial charge in [0.1, 0.15) is 17.8 Å². The second kappa shape index (κ2) is 13.1. The molecule has 0 saturated carbocycles. The molecule has 0 atom stereocenters. The summed E-state index contributed by atoms with van der Waals surface area (Å²) in [5, 5.41) is 6.35. The van der Waals surface area contributed by atoms with Gasteiger partial charge in [-0.25, -0.2) is 4.84 Å². The molecule has 0 saturated heterocycles. The maximum Gasteiger partial charge on any atom is 0.325 e. The number of hydrogen-bond acceptors (Lipinski definition) is 5. The molecule has 0 aromatic heterocycles. The van der Waals surface area contributed by atoms with Crippen LogP contribution < -0.4 is 16.1 Å². The lowest BCUT2D eigenvalue weighted by Gasteiger charge is -2.19. The average Bonchev–Trinajstić information content (AvgIpc) is 2.67. The molecule has 4 N–H and O–H groups in total. The second-order valence-electron chi connectivity index (χ2n) is 8.76. The molecule has 0 radical (unpaired) electrons. The van der Waals surface area contributed by atoms with E-state index >= 15 is 0 Å². The molecule has 0 fully saturated rings. The Morgan fingerprint density at radius 2 is 1.69 bits per heavy atom. The van der Waals surface area contributed by atoms with E-state index in [0.29, 0.717) is 16.3 Å². The lowest BCUT2D eigenvalue weighted by atomic mass is 10.1. The van der Waals surface area contributed by atoms with Crippen LogP contribution in [0.5, 0.6) is 0 Å². The van der Waals surface area contributed by atoms with Gasteiger partial charge in [-0.2, -0.15) is 5.48 Å². The largest absolute Gasteiger partial charge is 0.459 e. The molecule has 8 heteroatoms. The van der Waals surface area contributed by atoms with Gasteiger partial charge in [0.05, 0.1) is 17.8 Å². The number of ether oxygens (including phenoxy) is 1. The number of esters is 1. The number of carbonyl (C=O) groups is 2. The van der Waals surface area contributed by atoms with Crippen LogP contribution in [-0.2, 0) is 14.4 Å². The highest BCUT2D eigenvalue weighted by atomic mass is 35.5. The summed E-state index contributed by atoms with van der Waals surface area (Å²) in [6.45, 7) is 11.6. The van der Waals surface area contributed by atoms with Gasteiger partial charge in [0.2, 0.25) is 0 Å². The Kier molecular flexibility index (Phi) is 11.2. The van der Waals surface area contributed by atoms with E-state index in [2.05, 4.69) is 31.4 Å². The number of quaternary nitrogens is 1. The predicted molar refractivity (Wildman–Crippen MR) is 128 cm³/mol. The Balaban J connectivity index is 0.00000118. The molecular formula is C24H35ClN3O4+. The van der Waals surface area contributed by atoms with Crippen LogP contribution in [0.4, 0.5) is 17.1 Å². The maximum atomic E-state index is 12.4. The lowest BCUT2D eigenvalue weighted by Crippen LogP contribution is -2.76. The number of hydrogen-bond donors (Lipinski definition) is 3. The monoisotopic (exact) mass is 464 g/mol. The third kappa shape index (κ3) is 10.6. The Morgan fingerprint density at radius 1 is 1.06 bits per heavy atom. The normalized spacial score (nSPS) is 10.8. The van der Waals surface area contributed by atoms with Crippen molar-refractivity contribution in [3.05, 3.63) is 53.1 Å². The van der Waals surface area contributed by atoms with E-state index in [9.17, 15) is 9.59 Å². The van der Waals surface area contributed by atoms with Crippen molar-refractivity contribution in [2.45, 2.75) is 47.1 Å². The molecule has 0 aliphatic carbocycles. The van der Waals surface area contributed by atoms with Crippen molar-refractivity contribution in [1.29, 1.82) is 0 Å². The molecule has 0 heterocycles. The highest BCUT2D eigenvalue weighted by Gasteiger charge is 2.18. The van der Waals surface area contributed by atoms with Crippen LogP contribution in [0.1, 0.15) is 51.9 Å². The molecule has 2 aromatic rings. The predicted octanol–water partition coefficient (Wildman–Crippen LogP) is 4.57. The van der Waals surface area contributed by atoms with E-state index in [-0.39, 0.29) is 12.5 Å². The molecule has 1 amide bonds. The highest BCUT2D eigenvalue weighted by molar-refractivity contribution is 6.33. The Labute approximate surface area is 195 Å². The zero-order valence-corrected chi connectivity index (χ0v) is 20.7. The second-order valence-corrected chi connectivity index (χ2v) is 9.17. The summed E-state index contributed by atoms with van der Waals surface area (Å²) in [6.07, 6.45) is 0. The van der Waals surface area contributed by atoms with Gasteiger partial charge in [0, 0.05) is 11.6 Å². The SMILES string of the molecule is CC(C)C.CO[NH2+]c1cc(C(=O)NCC(=O)OC(C)(C)C)ccc1Nc1ccccc1Cl. The van der Waals surface area contributed by atoms with Gasteiger partial charge in [0.25, 0.3) is 5.91 Å². The fraction of sp³-hybridized carbons (Fsp3) is 0.417. The zero-order valence-electron chi connectivity index (χ0n) is 19.9. The number of nitrogens with one attached hydrogen (secondary N) is 2. The molecule has 0 unspecified atom stereocenters. The molecule has 32 heavy (non-hydrogen) atoms. The summed E-state index contributed by atoms with van der Waals surface area (Å²) in [5.41, 5.74) is 3.41. The minimum atomic E-state index is -0.603. The Morgan fingerprint density at radius 3 is 2.25 bits per heavy atom. The Hall–Kier alpha value is -2.61. The van der Waals surface area contributed by atoms with Crippen molar-refractivity contribution < 1.29 is 24.6 Å². The summed E-state index contributed by atoms with van der Waals surface area (Å²) in [7, 11) is 1.52. The zero-order chi connectivity index (χ0) is 24.3. The molecule has 176 valence electrons. The van der Waals surface area contributed by atoms with Crippen LogP contribution in [0, 0.1) is 5.92 Å². The van der Waals surface area contributed by atoms with Crippen LogP contribution in [0.15, 0.2) is 42.5 Å². The van der Waals surface area contributed by atoms with Crippen molar-refractivity contribution in [2.75, 3.05) is 19.0 Å². The average molecular weight is 465 g/mol. The van der Waals surface area contributed by atoms with E-state index in [1.807, 2.05) is 18.2 Å². The standard InChI is InChI=1S/C20H24ClN3O4.C4H10/c1-20(2,3)28-18(25)12-22-19(26)13-9-10-16(17(11-13)24-27-4)23-15-8-6-5-7-14(15)21;1-4(2)3/h5-11,23-24H,12H2,1-4H3,(H,22,26);4H,1-3H3/p+1. The first-order chi connectivity index (χ1) is 14.9. The number of nitrogens with two attached hydrogens (primary N) is 1. The van der Waals surface area contributed by atoms with Gasteiger partial charge in [-0.05, 0) is 51.0 Å². The van der Waals surface area contributed by atoms with Gasteiger partial charge in [-0.1, -0.05) is 44.5 Å². The molecule has 2 rings (SSSR count). The molecule has 0 spiro atoms. The number of benzene rings is 2. The van der Waals surface area contributed by atoms with E-state index in [4.69, 9.17) is 21.2 Å². The summed E-state index contributed by atoms with van der Waals surface area (Å²) in [5.74, 6) is -0.0533. The molecule has 7 nitrogen and oxygen atoms in total. The Bertz CT molecular complexity index is 892. The lowest BCUT2D eigenvalue weighted by molar-refractivity contribution is -0.829. The molecule has 0 bridgehead atoms. The number of rotatable bonds is 7. The molecule has 2 aromatic carbocycles. The quantitative estimate of drug-likeness (QED) is 0.317. The number of carbonyl (C=O) groups excluding carboxylic acids is 2. The van der Waals surface area contributed by atoms with E-state index < -0.39 is 11.6 Å². The van der Waals surface area contributed by atoms with Crippen LogP contribution >= 0.6 is 11.6 Å². The third-order valence-corrected chi connectivity index (χ3v) is 3.84. The first-order valence-electron chi connectivity index (χ1n) is 10.4. The smallest absolute Gasteiger partial charge is 0.325 e. The molecule has 0 aliphatic rings. The van der Waals surface area contributed by atoms with Crippen LogP contribution in [0.2, 0.25) is 5.02 Å². The fourth-order valence-corrected chi connectivity index (χ4v) is 2.57. The van der Waals surface area contributed by atoms with Gasteiger partial charge in [-0.3, -0.25) is 9.59 Å². The van der Waals surface area contributed by atoms with Crippen LogP contribution in [0.25, 0.3) is 0 Å². The van der Waals surface area contributed by atoms with Crippen molar-refractivity contribution in [3.63, 3.8) is 0 Å². The van der Waals surface area contributed by atoms with Crippen LogP contribution in [0.3, 0.4) is 0 Å². The van der Waals surface area contributed by atoms with E-state index in [1.165, 1.54) is 12.6 Å². The van der Waals surface area contributed by atoms with Crippen molar-refractivity contribution >= 4 is 40.5 Å². The number of halogens is 1. The van der Waals surface area contributed by atoms with Crippen molar-refractivity contribution in [1.82, 2.24) is 5.32 Å². The van der Waals surface area contributed by atoms with Crippen molar-refractivity contribution in [3.8, 4) is 0 Å². The molecule has 0 aliphatic heterocycles. The van der Waals surface area contributed by atoms with Crippen molar-refractivity contribution in [2.24, 2.45) is 5.92 Å². The first kappa shape index (κ1) is 27.4. The number of para-hydroxylation sites is 1. The van der Waals surface area contributed by atoms with Gasteiger partial charge >= 0.3 is 5.97 Å².